The van der Waals surface area contributed by atoms with E-state index in [0.717, 1.165) is 10.0 Å². The van der Waals surface area contributed by atoms with Crippen LogP contribution in [0.3, 0.4) is 0 Å². The molecule has 78 valence electrons. The summed E-state index contributed by atoms with van der Waals surface area (Å²) in [7, 11) is 0. The lowest BCUT2D eigenvalue weighted by molar-refractivity contribution is -0.120. The van der Waals surface area contributed by atoms with E-state index in [1.165, 1.54) is 0 Å². The first kappa shape index (κ1) is 10.2. The lowest BCUT2D eigenvalue weighted by atomic mass is 10.0. The zero-order valence-corrected chi connectivity index (χ0v) is 9.49. The van der Waals surface area contributed by atoms with Crippen LogP contribution in [0.4, 0.5) is 0 Å². The Labute approximate surface area is 95.7 Å². The van der Waals surface area contributed by atoms with Crippen LogP contribution in [0.25, 0.3) is 0 Å². The third kappa shape index (κ3) is 2.36. The lowest BCUT2D eigenvalue weighted by Gasteiger charge is -2.18. The number of amides is 1. The summed E-state index contributed by atoms with van der Waals surface area (Å²) in [6.07, 6.45) is 0.344. The van der Waals surface area contributed by atoms with Crippen LogP contribution in [0.1, 0.15) is 18.0 Å². The Kier molecular flexibility index (Phi) is 2.73. The van der Waals surface area contributed by atoms with Gasteiger partial charge in [-0.1, -0.05) is 28.1 Å². The van der Waals surface area contributed by atoms with Gasteiger partial charge in [0.15, 0.2) is 5.96 Å². The summed E-state index contributed by atoms with van der Waals surface area (Å²) < 4.78 is 0.972. The molecule has 4 nitrogen and oxygen atoms in total. The fraction of sp³-hybridized carbons (Fsp3) is 0.200. The summed E-state index contributed by atoms with van der Waals surface area (Å²) in [6.45, 7) is 0. The van der Waals surface area contributed by atoms with Crippen molar-refractivity contribution in [3.63, 3.8) is 0 Å². The molecule has 1 aromatic carbocycles. The van der Waals surface area contributed by atoms with E-state index in [1.807, 2.05) is 24.3 Å². The maximum Gasteiger partial charge on any atom is 0.229 e. The number of hydrogen-bond donors (Lipinski definition) is 2. The van der Waals surface area contributed by atoms with Crippen molar-refractivity contribution in [3.8, 4) is 0 Å². The van der Waals surface area contributed by atoms with E-state index in [-0.39, 0.29) is 17.9 Å². The Morgan fingerprint density at radius 3 is 3.00 bits per heavy atom. The number of rotatable bonds is 1. The van der Waals surface area contributed by atoms with Crippen LogP contribution >= 0.6 is 15.9 Å². The predicted molar refractivity (Wildman–Crippen MR) is 61.3 cm³/mol. The van der Waals surface area contributed by atoms with Crippen LogP contribution in [0.15, 0.2) is 33.7 Å². The van der Waals surface area contributed by atoms with Crippen molar-refractivity contribution in [2.45, 2.75) is 12.5 Å². The van der Waals surface area contributed by atoms with E-state index < -0.39 is 0 Å². The van der Waals surface area contributed by atoms with Crippen LogP contribution in [0.5, 0.6) is 0 Å². The molecule has 1 heterocycles. The van der Waals surface area contributed by atoms with Gasteiger partial charge in [-0.15, -0.1) is 0 Å². The molecule has 1 aliphatic rings. The fourth-order valence-corrected chi connectivity index (χ4v) is 1.94. The standard InChI is InChI=1S/C10H10BrN3O/c11-7-3-1-2-6(4-7)8-5-9(15)14-10(12)13-8/h1-4,8H,5H2,(H3,12,13,14,15). The molecular weight excluding hydrogens is 258 g/mol. The highest BCUT2D eigenvalue weighted by molar-refractivity contribution is 9.10. The molecule has 0 bridgehead atoms. The van der Waals surface area contributed by atoms with Crippen LogP contribution in [0.2, 0.25) is 0 Å². The molecular formula is C10H10BrN3O. The van der Waals surface area contributed by atoms with E-state index in [2.05, 4.69) is 26.2 Å². The second-order valence-electron chi connectivity index (χ2n) is 3.34. The number of halogens is 1. The van der Waals surface area contributed by atoms with Gasteiger partial charge in [0.05, 0.1) is 12.5 Å². The molecule has 5 heteroatoms. The third-order valence-electron chi connectivity index (χ3n) is 2.17. The molecule has 0 saturated heterocycles. The first-order valence-electron chi connectivity index (χ1n) is 4.54. The highest BCUT2D eigenvalue weighted by Crippen LogP contribution is 2.25. The quantitative estimate of drug-likeness (QED) is 0.806. The molecule has 0 saturated carbocycles. The average Bonchev–Trinajstić information content (AvgIpc) is 2.16. The summed E-state index contributed by atoms with van der Waals surface area (Å²) in [5.74, 6) is 0.101. The van der Waals surface area contributed by atoms with Crippen molar-refractivity contribution in [3.05, 3.63) is 34.3 Å². The van der Waals surface area contributed by atoms with Gasteiger partial charge in [-0.2, -0.15) is 0 Å². The number of nitrogens with one attached hydrogen (secondary N) is 1. The Morgan fingerprint density at radius 1 is 1.53 bits per heavy atom. The maximum atomic E-state index is 11.3. The van der Waals surface area contributed by atoms with E-state index in [4.69, 9.17) is 5.73 Å². The van der Waals surface area contributed by atoms with E-state index in [1.54, 1.807) is 0 Å². The van der Waals surface area contributed by atoms with Gasteiger partial charge in [0.1, 0.15) is 0 Å². The topological polar surface area (TPSA) is 67.5 Å². The molecule has 2 rings (SSSR count). The minimum Gasteiger partial charge on any atom is -0.370 e. The van der Waals surface area contributed by atoms with Gasteiger partial charge in [0.25, 0.3) is 0 Å². The second-order valence-corrected chi connectivity index (χ2v) is 4.25. The Balaban J connectivity index is 2.31. The zero-order valence-electron chi connectivity index (χ0n) is 7.90. The summed E-state index contributed by atoms with van der Waals surface area (Å²) in [4.78, 5) is 15.4. The molecule has 0 spiro atoms. The van der Waals surface area contributed by atoms with Crippen LogP contribution < -0.4 is 11.1 Å². The molecule has 1 amide bonds. The smallest absolute Gasteiger partial charge is 0.229 e. The third-order valence-corrected chi connectivity index (χ3v) is 2.67. The van der Waals surface area contributed by atoms with Gasteiger partial charge < -0.3 is 5.73 Å². The zero-order chi connectivity index (χ0) is 10.8. The molecule has 3 N–H and O–H groups in total. The van der Waals surface area contributed by atoms with Crippen molar-refractivity contribution in [1.29, 1.82) is 0 Å². The summed E-state index contributed by atoms with van der Waals surface area (Å²) in [5, 5.41) is 2.47. The van der Waals surface area contributed by atoms with Gasteiger partial charge in [0, 0.05) is 4.47 Å². The average molecular weight is 268 g/mol. The van der Waals surface area contributed by atoms with Crippen LogP contribution in [-0.4, -0.2) is 11.9 Å². The summed E-state index contributed by atoms with van der Waals surface area (Å²) >= 11 is 3.38. The molecule has 0 aromatic heterocycles. The monoisotopic (exact) mass is 267 g/mol. The van der Waals surface area contributed by atoms with Gasteiger partial charge in [-0.05, 0) is 17.7 Å². The minimum absolute atomic E-state index is 0.0903. The molecule has 0 radical (unpaired) electrons. The van der Waals surface area contributed by atoms with Crippen molar-refractivity contribution in [2.75, 3.05) is 0 Å². The first-order valence-corrected chi connectivity index (χ1v) is 5.33. The number of nitrogens with zero attached hydrogens (tertiary/aromatic N) is 1. The van der Waals surface area contributed by atoms with Crippen molar-refractivity contribution < 1.29 is 4.79 Å². The Morgan fingerprint density at radius 2 is 2.33 bits per heavy atom. The largest absolute Gasteiger partial charge is 0.370 e. The number of guanidine groups is 1. The molecule has 1 unspecified atom stereocenters. The van der Waals surface area contributed by atoms with Crippen molar-refractivity contribution in [1.82, 2.24) is 5.32 Å². The first-order chi connectivity index (χ1) is 7.15. The summed E-state index contributed by atoms with van der Waals surface area (Å²) in [5.41, 5.74) is 6.49. The highest BCUT2D eigenvalue weighted by Gasteiger charge is 2.20. The number of benzene rings is 1. The second kappa shape index (κ2) is 4.02. The Bertz CT molecular complexity index is 430. The van der Waals surface area contributed by atoms with E-state index in [0.29, 0.717) is 6.42 Å². The van der Waals surface area contributed by atoms with E-state index in [9.17, 15) is 4.79 Å². The Hall–Kier alpha value is -1.36. The van der Waals surface area contributed by atoms with Crippen LogP contribution in [0, 0.1) is 0 Å². The van der Waals surface area contributed by atoms with Crippen molar-refractivity contribution in [2.24, 2.45) is 10.7 Å². The fourth-order valence-electron chi connectivity index (χ4n) is 1.52. The number of nitrogens with two attached hydrogens (primary N) is 1. The lowest BCUT2D eigenvalue weighted by Crippen LogP contribution is -2.41. The molecule has 1 atom stereocenters. The molecule has 15 heavy (non-hydrogen) atoms. The number of aliphatic imine (C=N–C) groups is 1. The molecule has 1 aromatic rings. The van der Waals surface area contributed by atoms with Crippen molar-refractivity contribution >= 4 is 27.8 Å². The molecule has 1 aliphatic heterocycles. The number of hydrogen-bond acceptors (Lipinski definition) is 3. The molecule has 0 fully saturated rings. The minimum atomic E-state index is -0.170. The summed E-state index contributed by atoms with van der Waals surface area (Å²) in [6, 6.07) is 7.55. The number of carbonyl (C=O) groups excluding carboxylic acids is 1. The predicted octanol–water partition coefficient (Wildman–Crippen LogP) is 1.32. The normalized spacial score (nSPS) is 20.7. The van der Waals surface area contributed by atoms with E-state index >= 15 is 0 Å². The van der Waals surface area contributed by atoms with Crippen LogP contribution in [-0.2, 0) is 4.79 Å². The van der Waals surface area contributed by atoms with Gasteiger partial charge in [-0.3, -0.25) is 10.1 Å². The molecule has 0 aliphatic carbocycles. The highest BCUT2D eigenvalue weighted by atomic mass is 79.9. The van der Waals surface area contributed by atoms with Gasteiger partial charge in [-0.25, -0.2) is 4.99 Å². The SMILES string of the molecule is NC1=NC(c2cccc(Br)c2)CC(=O)N1. The van der Waals surface area contributed by atoms with Gasteiger partial charge in [0.2, 0.25) is 5.91 Å². The number of carbonyl (C=O) groups is 1. The maximum absolute atomic E-state index is 11.3. The van der Waals surface area contributed by atoms with Gasteiger partial charge >= 0.3 is 0 Å².